The number of hydrogen-bond donors (Lipinski definition) is 1. The van der Waals surface area contributed by atoms with Gasteiger partial charge in [-0.1, -0.05) is 6.07 Å². The monoisotopic (exact) mass is 276 g/mol. The van der Waals surface area contributed by atoms with Gasteiger partial charge in [0.15, 0.2) is 0 Å². The van der Waals surface area contributed by atoms with Gasteiger partial charge in [-0.2, -0.15) is 5.26 Å². The summed E-state index contributed by atoms with van der Waals surface area (Å²) in [5.74, 6) is 0. The van der Waals surface area contributed by atoms with Gasteiger partial charge in [0.1, 0.15) is 0 Å². The molecular weight excluding hydrogens is 256 g/mol. The molecule has 19 heavy (non-hydrogen) atoms. The zero-order valence-corrected chi connectivity index (χ0v) is 12.5. The van der Waals surface area contributed by atoms with Crippen molar-refractivity contribution in [3.05, 3.63) is 34.9 Å². The summed E-state index contributed by atoms with van der Waals surface area (Å²) < 4.78 is 15.2. The van der Waals surface area contributed by atoms with Crippen molar-refractivity contribution in [2.75, 3.05) is 0 Å². The average molecular weight is 276 g/mol. The molecule has 0 aromatic heterocycles. The van der Waals surface area contributed by atoms with E-state index in [0.29, 0.717) is 5.56 Å². The van der Waals surface area contributed by atoms with Crippen molar-refractivity contribution in [2.45, 2.75) is 50.8 Å². The number of fused-ring (bicyclic) bond motifs is 1. The number of hydrogen-bond acceptors (Lipinski definition) is 2. The quantitative estimate of drug-likeness (QED) is 0.902. The normalized spacial score (nSPS) is 20.4. The van der Waals surface area contributed by atoms with E-state index in [-0.39, 0.29) is 10.8 Å². The molecule has 0 aliphatic heterocycles. The number of nitriles is 1. The van der Waals surface area contributed by atoms with E-state index in [4.69, 9.17) is 5.26 Å². The Kier molecular flexibility index (Phi) is 4.07. The highest BCUT2D eigenvalue weighted by molar-refractivity contribution is 7.84. The first-order valence-corrected chi connectivity index (χ1v) is 7.78. The smallest absolute Gasteiger partial charge is 0.0991 e. The second kappa shape index (κ2) is 5.44. The van der Waals surface area contributed by atoms with Crippen molar-refractivity contribution in [3.8, 4) is 6.07 Å². The highest BCUT2D eigenvalue weighted by atomic mass is 32.2. The Morgan fingerprint density at radius 1 is 1.42 bits per heavy atom. The van der Waals surface area contributed by atoms with E-state index in [1.54, 1.807) is 0 Å². The maximum Gasteiger partial charge on any atom is 0.0991 e. The highest BCUT2D eigenvalue weighted by Crippen LogP contribution is 2.31. The number of nitrogens with one attached hydrogen (secondary N) is 1. The first kappa shape index (κ1) is 14.2. The molecule has 0 unspecified atom stereocenters. The molecular formula is C15H20N2OS. The van der Waals surface area contributed by atoms with E-state index in [0.717, 1.165) is 19.3 Å². The molecule has 0 radical (unpaired) electrons. The molecule has 1 aliphatic carbocycles. The van der Waals surface area contributed by atoms with Gasteiger partial charge in [-0.3, -0.25) is 0 Å². The number of benzene rings is 1. The molecule has 102 valence electrons. The molecule has 1 aromatic carbocycles. The Balaban J connectivity index is 2.24. The Morgan fingerprint density at radius 3 is 2.79 bits per heavy atom. The third-order valence-corrected chi connectivity index (χ3v) is 5.00. The zero-order chi connectivity index (χ0) is 14.0. The molecule has 2 atom stereocenters. The van der Waals surface area contributed by atoms with Gasteiger partial charge in [-0.05, 0) is 63.3 Å². The predicted octanol–water partition coefficient (Wildman–Crippen LogP) is 2.99. The Labute approximate surface area is 117 Å². The Bertz CT molecular complexity index is 540. The summed E-state index contributed by atoms with van der Waals surface area (Å²) in [6.07, 6.45) is 3.08. The van der Waals surface area contributed by atoms with Gasteiger partial charge in [0, 0.05) is 6.04 Å². The van der Waals surface area contributed by atoms with Crippen LogP contribution in [0.5, 0.6) is 0 Å². The van der Waals surface area contributed by atoms with Crippen LogP contribution in [-0.2, 0) is 17.4 Å². The second-order valence-corrected chi connectivity index (χ2v) is 7.97. The molecule has 0 fully saturated rings. The summed E-state index contributed by atoms with van der Waals surface area (Å²) in [5, 5.41) is 8.94. The van der Waals surface area contributed by atoms with Crippen LogP contribution in [0.2, 0.25) is 0 Å². The minimum absolute atomic E-state index is 0.136. The maximum absolute atomic E-state index is 12.2. The van der Waals surface area contributed by atoms with E-state index in [1.165, 1.54) is 11.1 Å². The van der Waals surface area contributed by atoms with Gasteiger partial charge in [-0.25, -0.2) is 8.93 Å². The van der Waals surface area contributed by atoms with Crippen LogP contribution >= 0.6 is 0 Å². The van der Waals surface area contributed by atoms with Crippen molar-refractivity contribution < 1.29 is 4.21 Å². The lowest BCUT2D eigenvalue weighted by atomic mass is 9.87. The summed E-state index contributed by atoms with van der Waals surface area (Å²) in [6, 6.07) is 8.12. The van der Waals surface area contributed by atoms with E-state index >= 15 is 0 Å². The fourth-order valence-electron chi connectivity index (χ4n) is 2.31. The van der Waals surface area contributed by atoms with E-state index in [2.05, 4.69) is 10.8 Å². The summed E-state index contributed by atoms with van der Waals surface area (Å²) in [7, 11) is -1.06. The largest absolute Gasteiger partial charge is 0.242 e. The second-order valence-electron chi connectivity index (χ2n) is 5.97. The fraction of sp³-hybridized carbons (Fsp3) is 0.533. The van der Waals surface area contributed by atoms with Crippen LogP contribution in [0.25, 0.3) is 0 Å². The van der Waals surface area contributed by atoms with Crippen LogP contribution in [0, 0.1) is 11.3 Å². The topological polar surface area (TPSA) is 52.9 Å². The van der Waals surface area contributed by atoms with Crippen molar-refractivity contribution in [3.63, 3.8) is 0 Å². The molecule has 0 spiro atoms. The number of rotatable bonds is 2. The molecule has 0 heterocycles. The lowest BCUT2D eigenvalue weighted by Gasteiger charge is -2.29. The van der Waals surface area contributed by atoms with Gasteiger partial charge in [0.25, 0.3) is 0 Å². The van der Waals surface area contributed by atoms with E-state index in [9.17, 15) is 4.21 Å². The van der Waals surface area contributed by atoms with E-state index in [1.807, 2.05) is 39.0 Å². The molecule has 0 saturated carbocycles. The van der Waals surface area contributed by atoms with Crippen molar-refractivity contribution in [2.24, 2.45) is 0 Å². The van der Waals surface area contributed by atoms with Gasteiger partial charge in [0.05, 0.1) is 27.4 Å². The molecule has 1 aromatic rings. The van der Waals surface area contributed by atoms with Crippen molar-refractivity contribution >= 4 is 11.0 Å². The fourth-order valence-corrected chi connectivity index (χ4v) is 3.17. The van der Waals surface area contributed by atoms with Gasteiger partial charge in [-0.15, -0.1) is 0 Å². The molecule has 2 rings (SSSR count). The summed E-state index contributed by atoms with van der Waals surface area (Å²) in [6.45, 7) is 5.91. The summed E-state index contributed by atoms with van der Waals surface area (Å²) >= 11 is 0. The lowest BCUT2D eigenvalue weighted by molar-refractivity contribution is 0.523. The molecule has 1 aliphatic rings. The summed E-state index contributed by atoms with van der Waals surface area (Å²) in [5.41, 5.74) is 3.12. The minimum atomic E-state index is -1.06. The Hall–Kier alpha value is -1.18. The first-order valence-electron chi connectivity index (χ1n) is 6.63. The van der Waals surface area contributed by atoms with E-state index < -0.39 is 11.0 Å². The number of aryl methyl sites for hydroxylation is 1. The van der Waals surface area contributed by atoms with Crippen molar-refractivity contribution in [1.29, 1.82) is 5.26 Å². The molecule has 3 nitrogen and oxygen atoms in total. The average Bonchev–Trinajstić information content (AvgIpc) is 2.37. The third kappa shape index (κ3) is 3.23. The Morgan fingerprint density at radius 2 is 2.16 bits per heavy atom. The number of nitrogens with zero attached hydrogens (tertiary/aromatic N) is 1. The zero-order valence-electron chi connectivity index (χ0n) is 11.7. The highest BCUT2D eigenvalue weighted by Gasteiger charge is 2.26. The van der Waals surface area contributed by atoms with Crippen molar-refractivity contribution in [1.82, 2.24) is 4.72 Å². The molecule has 4 heteroatoms. The van der Waals surface area contributed by atoms with Gasteiger partial charge in [0.2, 0.25) is 0 Å². The minimum Gasteiger partial charge on any atom is -0.242 e. The SMILES string of the molecule is CC(C)(C)[S@@](=O)N[C@H]1CCCc2cc(C#N)ccc21. The molecule has 0 bridgehead atoms. The van der Waals surface area contributed by atoms with Crippen LogP contribution in [0.3, 0.4) is 0 Å². The summed E-state index contributed by atoms with van der Waals surface area (Å²) in [4.78, 5) is 0. The van der Waals surface area contributed by atoms with Crippen LogP contribution in [0.15, 0.2) is 18.2 Å². The molecule has 0 amide bonds. The lowest BCUT2D eigenvalue weighted by Crippen LogP contribution is -2.36. The van der Waals surface area contributed by atoms with Gasteiger partial charge >= 0.3 is 0 Å². The van der Waals surface area contributed by atoms with Crippen LogP contribution in [0.1, 0.15) is 56.3 Å². The first-order chi connectivity index (χ1) is 8.91. The van der Waals surface area contributed by atoms with Crippen LogP contribution in [0.4, 0.5) is 0 Å². The predicted molar refractivity (Wildman–Crippen MR) is 77.9 cm³/mol. The van der Waals surface area contributed by atoms with Gasteiger partial charge < -0.3 is 0 Å². The standard InChI is InChI=1S/C15H20N2OS/c1-15(2,3)19(18)17-14-6-4-5-12-9-11(10-16)7-8-13(12)14/h7-9,14,17H,4-6H2,1-3H3/t14-,19+/m0/s1. The van der Waals surface area contributed by atoms with Crippen LogP contribution in [-0.4, -0.2) is 8.96 Å². The molecule has 0 saturated heterocycles. The maximum atomic E-state index is 12.2. The van der Waals surface area contributed by atoms with Crippen LogP contribution < -0.4 is 4.72 Å². The third-order valence-electron chi connectivity index (χ3n) is 3.39. The molecule has 1 N–H and O–H groups in total.